The molecule has 0 bridgehead atoms. The fourth-order valence-corrected chi connectivity index (χ4v) is 3.62. The molecular formula is C19H21FN4O4. The van der Waals surface area contributed by atoms with Gasteiger partial charge in [0.2, 0.25) is 0 Å². The van der Waals surface area contributed by atoms with Gasteiger partial charge in [0.1, 0.15) is 11.6 Å². The second-order valence-corrected chi connectivity index (χ2v) is 7.67. The van der Waals surface area contributed by atoms with Gasteiger partial charge in [0.25, 0.3) is 11.6 Å². The van der Waals surface area contributed by atoms with Crippen LogP contribution < -0.4 is 5.32 Å². The summed E-state index contributed by atoms with van der Waals surface area (Å²) in [6.45, 7) is 3.44. The van der Waals surface area contributed by atoms with E-state index < -0.39 is 10.7 Å². The molecule has 2 aromatic rings. The van der Waals surface area contributed by atoms with Gasteiger partial charge in [-0.05, 0) is 24.8 Å². The molecule has 1 saturated carbocycles. The zero-order valence-corrected chi connectivity index (χ0v) is 15.4. The van der Waals surface area contributed by atoms with Crippen LogP contribution in [0.4, 0.5) is 10.1 Å². The normalized spacial score (nSPS) is 22.4. The van der Waals surface area contributed by atoms with E-state index in [0.29, 0.717) is 19.0 Å². The van der Waals surface area contributed by atoms with E-state index in [1.165, 1.54) is 6.07 Å². The summed E-state index contributed by atoms with van der Waals surface area (Å²) in [5, 5.41) is 17.7. The minimum atomic E-state index is -0.535. The molecular weight excluding hydrogens is 367 g/mol. The number of non-ortho nitro benzene ring substituents is 1. The molecule has 1 aliphatic heterocycles. The molecule has 8 nitrogen and oxygen atoms in total. The van der Waals surface area contributed by atoms with E-state index in [0.717, 1.165) is 30.7 Å². The van der Waals surface area contributed by atoms with Crippen LogP contribution in [0.2, 0.25) is 0 Å². The van der Waals surface area contributed by atoms with E-state index in [2.05, 4.69) is 10.5 Å². The van der Waals surface area contributed by atoms with Gasteiger partial charge in [-0.25, -0.2) is 4.39 Å². The predicted octanol–water partition coefficient (Wildman–Crippen LogP) is 2.85. The second-order valence-electron chi connectivity index (χ2n) is 7.67. The zero-order chi connectivity index (χ0) is 19.8. The first kappa shape index (κ1) is 18.5. The van der Waals surface area contributed by atoms with E-state index >= 15 is 0 Å². The molecule has 1 saturated heterocycles. The quantitative estimate of drug-likeness (QED) is 0.603. The zero-order valence-electron chi connectivity index (χ0n) is 15.4. The van der Waals surface area contributed by atoms with Crippen LogP contribution in [0, 0.1) is 21.8 Å². The van der Waals surface area contributed by atoms with E-state index in [1.54, 1.807) is 6.07 Å². The molecule has 2 fully saturated rings. The molecule has 28 heavy (non-hydrogen) atoms. The molecule has 0 spiro atoms. The highest BCUT2D eigenvalue weighted by molar-refractivity contribution is 5.92. The van der Waals surface area contributed by atoms with Crippen molar-refractivity contribution in [3.05, 3.63) is 57.2 Å². The molecule has 148 valence electrons. The minimum Gasteiger partial charge on any atom is -0.360 e. The van der Waals surface area contributed by atoms with E-state index in [-0.39, 0.29) is 41.4 Å². The van der Waals surface area contributed by atoms with Gasteiger partial charge in [-0.1, -0.05) is 12.1 Å². The Bertz CT molecular complexity index is 911. The maximum atomic E-state index is 14.0. The lowest BCUT2D eigenvalue weighted by atomic mass is 10.1. The summed E-state index contributed by atoms with van der Waals surface area (Å²) in [6, 6.07) is 5.12. The maximum Gasteiger partial charge on any atom is 0.273 e. The number of nitro benzene ring substituents is 1. The van der Waals surface area contributed by atoms with E-state index in [4.69, 9.17) is 4.52 Å². The number of carbonyl (C=O) groups excluding carboxylic acids is 1. The summed E-state index contributed by atoms with van der Waals surface area (Å²) in [4.78, 5) is 24.8. The summed E-state index contributed by atoms with van der Waals surface area (Å²) < 4.78 is 19.3. The molecule has 1 aromatic carbocycles. The first-order valence-corrected chi connectivity index (χ1v) is 9.33. The van der Waals surface area contributed by atoms with Gasteiger partial charge in [0.05, 0.1) is 4.92 Å². The first-order valence-electron chi connectivity index (χ1n) is 9.33. The van der Waals surface area contributed by atoms with Gasteiger partial charge in [0.15, 0.2) is 5.69 Å². The van der Waals surface area contributed by atoms with Crippen LogP contribution in [0.1, 0.15) is 47.5 Å². The Morgan fingerprint density at radius 3 is 2.89 bits per heavy atom. The van der Waals surface area contributed by atoms with Gasteiger partial charge in [-0.15, -0.1) is 0 Å². The molecule has 9 heteroatoms. The second kappa shape index (κ2) is 7.31. The van der Waals surface area contributed by atoms with E-state index in [1.807, 2.05) is 11.8 Å². The first-order chi connectivity index (χ1) is 13.4. The number of nitrogens with zero attached hydrogens (tertiary/aromatic N) is 3. The SMILES string of the molecule is C[C@@H]1CN(Cc2cc([N+](=O)[O-])ccc2F)C[C@@H]1NC(=O)c1cc(C2CC2)on1. The van der Waals surface area contributed by atoms with Gasteiger partial charge >= 0.3 is 0 Å². The van der Waals surface area contributed by atoms with Crippen LogP contribution in [0.3, 0.4) is 0 Å². The number of nitro groups is 1. The number of amides is 1. The third kappa shape index (κ3) is 3.89. The third-order valence-electron chi connectivity index (χ3n) is 5.38. The predicted molar refractivity (Wildman–Crippen MR) is 97.2 cm³/mol. The van der Waals surface area contributed by atoms with Crippen molar-refractivity contribution in [3.63, 3.8) is 0 Å². The van der Waals surface area contributed by atoms with Crippen molar-refractivity contribution in [2.45, 2.75) is 38.3 Å². The van der Waals surface area contributed by atoms with Crippen LogP contribution in [-0.4, -0.2) is 40.0 Å². The number of halogens is 1. The standard InChI is InChI=1S/C19H21FN4O4/c1-11-8-23(9-13-6-14(24(26)27)4-5-15(13)20)10-17(11)21-19(25)16-7-18(28-22-16)12-2-3-12/h4-7,11-12,17H,2-3,8-10H2,1H3,(H,21,25)/t11-,17+/m1/s1. The fourth-order valence-electron chi connectivity index (χ4n) is 3.62. The monoisotopic (exact) mass is 388 g/mol. The Kier molecular flexibility index (Phi) is 4.84. The van der Waals surface area contributed by atoms with Crippen LogP contribution in [-0.2, 0) is 6.54 Å². The number of aromatic nitrogens is 1. The van der Waals surface area contributed by atoms with Crippen molar-refractivity contribution in [2.24, 2.45) is 5.92 Å². The number of hydrogen-bond donors (Lipinski definition) is 1. The van der Waals surface area contributed by atoms with Crippen LogP contribution >= 0.6 is 0 Å². The average molecular weight is 388 g/mol. The Morgan fingerprint density at radius 1 is 1.39 bits per heavy atom. The maximum absolute atomic E-state index is 14.0. The summed E-state index contributed by atoms with van der Waals surface area (Å²) in [5.41, 5.74) is 0.419. The smallest absolute Gasteiger partial charge is 0.273 e. The number of benzene rings is 1. The van der Waals surface area contributed by atoms with Crippen molar-refractivity contribution < 1.29 is 18.6 Å². The number of rotatable bonds is 6. The van der Waals surface area contributed by atoms with Gasteiger partial charge < -0.3 is 9.84 Å². The fraction of sp³-hybridized carbons (Fsp3) is 0.474. The molecule has 0 unspecified atom stereocenters. The summed E-state index contributed by atoms with van der Waals surface area (Å²) >= 11 is 0. The highest BCUT2D eigenvalue weighted by Gasteiger charge is 2.33. The lowest BCUT2D eigenvalue weighted by Gasteiger charge is -2.17. The van der Waals surface area contributed by atoms with Crippen LogP contribution in [0.25, 0.3) is 0 Å². The summed E-state index contributed by atoms with van der Waals surface area (Å²) in [6.07, 6.45) is 2.14. The average Bonchev–Trinajstić information content (AvgIpc) is 3.28. The molecule has 1 N–H and O–H groups in total. The number of carbonyl (C=O) groups is 1. The topological polar surface area (TPSA) is 102 Å². The Balaban J connectivity index is 1.38. The molecule has 2 aliphatic rings. The molecule has 4 rings (SSSR count). The number of likely N-dealkylation sites (tertiary alicyclic amines) is 1. The third-order valence-corrected chi connectivity index (χ3v) is 5.38. The number of nitrogens with one attached hydrogen (secondary N) is 1. The highest BCUT2D eigenvalue weighted by Crippen LogP contribution is 2.40. The Labute approximate surface area is 160 Å². The Hall–Kier alpha value is -2.81. The molecule has 1 amide bonds. The van der Waals surface area contributed by atoms with Gasteiger partial charge in [-0.2, -0.15) is 0 Å². The largest absolute Gasteiger partial charge is 0.360 e. The van der Waals surface area contributed by atoms with Crippen molar-refractivity contribution in [1.82, 2.24) is 15.4 Å². The molecule has 1 aliphatic carbocycles. The summed E-state index contributed by atoms with van der Waals surface area (Å²) in [5.74, 6) is 0.546. The van der Waals surface area contributed by atoms with Crippen molar-refractivity contribution in [1.29, 1.82) is 0 Å². The van der Waals surface area contributed by atoms with Gasteiger partial charge in [0, 0.05) is 55.4 Å². The minimum absolute atomic E-state index is 0.115. The Morgan fingerprint density at radius 2 is 2.18 bits per heavy atom. The van der Waals surface area contributed by atoms with Crippen molar-refractivity contribution in [3.8, 4) is 0 Å². The van der Waals surface area contributed by atoms with Crippen LogP contribution in [0.15, 0.2) is 28.8 Å². The molecule has 2 atom stereocenters. The van der Waals surface area contributed by atoms with E-state index in [9.17, 15) is 19.3 Å². The highest BCUT2D eigenvalue weighted by atomic mass is 19.1. The van der Waals surface area contributed by atoms with Crippen molar-refractivity contribution in [2.75, 3.05) is 13.1 Å². The molecule has 1 aromatic heterocycles. The number of hydrogen-bond acceptors (Lipinski definition) is 6. The lowest BCUT2D eigenvalue weighted by Crippen LogP contribution is -2.40. The molecule has 2 heterocycles. The van der Waals surface area contributed by atoms with Gasteiger partial charge in [-0.3, -0.25) is 19.8 Å². The van der Waals surface area contributed by atoms with Crippen molar-refractivity contribution >= 4 is 11.6 Å². The molecule has 0 radical (unpaired) electrons. The van der Waals surface area contributed by atoms with Crippen LogP contribution in [0.5, 0.6) is 0 Å². The summed E-state index contributed by atoms with van der Waals surface area (Å²) in [7, 11) is 0. The lowest BCUT2D eigenvalue weighted by molar-refractivity contribution is -0.385.